The molecular weight excluding hydrogens is 350 g/mol. The Morgan fingerprint density at radius 3 is 2.64 bits per heavy atom. The molecule has 3 aromatic rings. The van der Waals surface area contributed by atoms with E-state index in [9.17, 15) is 0 Å². The van der Waals surface area contributed by atoms with Gasteiger partial charge in [-0.3, -0.25) is 0 Å². The van der Waals surface area contributed by atoms with Crippen LogP contribution in [0.15, 0.2) is 46.7 Å². The van der Waals surface area contributed by atoms with Gasteiger partial charge in [-0.15, -0.1) is 23.1 Å². The molecule has 5 heteroatoms. The molecule has 130 valence electrons. The number of hydrogen-bond donors (Lipinski definition) is 0. The number of para-hydroxylation sites is 1. The molecule has 2 aromatic carbocycles. The molecule has 25 heavy (non-hydrogen) atoms. The third-order valence-electron chi connectivity index (χ3n) is 3.89. The highest BCUT2D eigenvalue weighted by Crippen LogP contribution is 2.39. The number of nitrogens with zero attached hydrogens (tertiary/aromatic N) is 1. The molecule has 0 aliphatic heterocycles. The van der Waals surface area contributed by atoms with Crippen LogP contribution in [0.2, 0.25) is 0 Å². The zero-order valence-electron chi connectivity index (χ0n) is 14.8. The number of aromatic nitrogens is 1. The van der Waals surface area contributed by atoms with Gasteiger partial charge in [-0.05, 0) is 37.6 Å². The first-order valence-corrected chi connectivity index (χ1v) is 9.84. The number of aryl methyl sites for hydroxylation is 2. The summed E-state index contributed by atoms with van der Waals surface area (Å²) in [6.07, 6.45) is 0. The number of thioether (sulfide) groups is 1. The standard InChI is InChI=1S/C20H21NO2S2/c1-13-8-9-18(14(2)10-13)24-11-15-12-25-20(21-15)16-6-5-7-17(22-3)19(16)23-4/h5-10,12H,11H2,1-4H3. The third kappa shape index (κ3) is 3.99. The number of ether oxygens (including phenoxy) is 2. The lowest BCUT2D eigenvalue weighted by Gasteiger charge is -2.10. The molecule has 0 radical (unpaired) electrons. The summed E-state index contributed by atoms with van der Waals surface area (Å²) in [5, 5.41) is 3.07. The van der Waals surface area contributed by atoms with Crippen molar-refractivity contribution in [3.63, 3.8) is 0 Å². The van der Waals surface area contributed by atoms with Gasteiger partial charge in [0.25, 0.3) is 0 Å². The summed E-state index contributed by atoms with van der Waals surface area (Å²) in [5.41, 5.74) is 4.65. The molecule has 0 aliphatic carbocycles. The number of thiazole rings is 1. The Kier molecular flexibility index (Phi) is 5.66. The van der Waals surface area contributed by atoms with Crippen molar-refractivity contribution in [3.05, 3.63) is 58.6 Å². The molecule has 0 unspecified atom stereocenters. The van der Waals surface area contributed by atoms with Gasteiger partial charge >= 0.3 is 0 Å². The van der Waals surface area contributed by atoms with Gasteiger partial charge in [0.15, 0.2) is 11.5 Å². The maximum Gasteiger partial charge on any atom is 0.170 e. The Hall–Kier alpha value is -1.98. The monoisotopic (exact) mass is 371 g/mol. The number of rotatable bonds is 6. The van der Waals surface area contributed by atoms with Gasteiger partial charge in [0, 0.05) is 16.0 Å². The van der Waals surface area contributed by atoms with Crippen LogP contribution in [-0.2, 0) is 5.75 Å². The zero-order chi connectivity index (χ0) is 17.8. The van der Waals surface area contributed by atoms with Crippen molar-refractivity contribution in [2.24, 2.45) is 0 Å². The highest BCUT2D eigenvalue weighted by Gasteiger charge is 2.14. The average Bonchev–Trinajstić information content (AvgIpc) is 3.09. The highest BCUT2D eigenvalue weighted by atomic mass is 32.2. The molecule has 3 rings (SSSR count). The summed E-state index contributed by atoms with van der Waals surface area (Å²) < 4.78 is 10.9. The molecular formula is C20H21NO2S2. The topological polar surface area (TPSA) is 31.4 Å². The van der Waals surface area contributed by atoms with Gasteiger partial charge in [0.2, 0.25) is 0 Å². The maximum absolute atomic E-state index is 5.52. The first-order valence-electron chi connectivity index (χ1n) is 7.98. The fraction of sp³-hybridized carbons (Fsp3) is 0.250. The van der Waals surface area contributed by atoms with E-state index < -0.39 is 0 Å². The number of benzene rings is 2. The van der Waals surface area contributed by atoms with Crippen molar-refractivity contribution >= 4 is 23.1 Å². The van der Waals surface area contributed by atoms with Gasteiger partial charge in [-0.1, -0.05) is 23.8 Å². The van der Waals surface area contributed by atoms with Gasteiger partial charge in [-0.2, -0.15) is 0 Å². The lowest BCUT2D eigenvalue weighted by molar-refractivity contribution is 0.356. The van der Waals surface area contributed by atoms with Gasteiger partial charge in [-0.25, -0.2) is 4.98 Å². The Bertz CT molecular complexity index is 874. The van der Waals surface area contributed by atoms with E-state index in [-0.39, 0.29) is 0 Å². The Balaban J connectivity index is 1.79. The van der Waals surface area contributed by atoms with Crippen LogP contribution in [0, 0.1) is 13.8 Å². The number of hydrogen-bond acceptors (Lipinski definition) is 5. The summed E-state index contributed by atoms with van der Waals surface area (Å²) in [6.45, 7) is 4.28. The summed E-state index contributed by atoms with van der Waals surface area (Å²) in [5.74, 6) is 2.31. The molecule has 0 N–H and O–H groups in total. The van der Waals surface area contributed by atoms with Crippen LogP contribution >= 0.6 is 23.1 Å². The van der Waals surface area contributed by atoms with Crippen molar-refractivity contribution in [1.29, 1.82) is 0 Å². The van der Waals surface area contributed by atoms with E-state index in [4.69, 9.17) is 14.5 Å². The minimum absolute atomic E-state index is 0.724. The Labute approximate surface area is 157 Å². The van der Waals surface area contributed by atoms with Crippen molar-refractivity contribution in [1.82, 2.24) is 4.98 Å². The predicted molar refractivity (Wildman–Crippen MR) is 106 cm³/mol. The molecule has 0 saturated heterocycles. The van der Waals surface area contributed by atoms with Crippen LogP contribution in [0.4, 0.5) is 0 Å². The zero-order valence-corrected chi connectivity index (χ0v) is 16.5. The molecule has 0 atom stereocenters. The second-order valence-electron chi connectivity index (χ2n) is 5.74. The summed E-state index contributed by atoms with van der Waals surface area (Å²) in [7, 11) is 3.31. The molecule has 0 fully saturated rings. The van der Waals surface area contributed by atoms with Crippen LogP contribution in [-0.4, -0.2) is 19.2 Å². The van der Waals surface area contributed by atoms with E-state index in [1.807, 2.05) is 30.0 Å². The molecule has 0 spiro atoms. The van der Waals surface area contributed by atoms with E-state index in [0.717, 1.165) is 33.5 Å². The molecule has 1 aromatic heterocycles. The van der Waals surface area contributed by atoms with Crippen molar-refractivity contribution < 1.29 is 9.47 Å². The van der Waals surface area contributed by atoms with Crippen LogP contribution in [0.1, 0.15) is 16.8 Å². The first kappa shape index (κ1) is 17.8. The lowest BCUT2D eigenvalue weighted by Crippen LogP contribution is -1.93. The third-order valence-corrected chi connectivity index (χ3v) is 6.02. The van der Waals surface area contributed by atoms with E-state index in [0.29, 0.717) is 0 Å². The summed E-state index contributed by atoms with van der Waals surface area (Å²) in [4.78, 5) is 6.09. The predicted octanol–water partition coefficient (Wildman–Crippen LogP) is 5.74. The van der Waals surface area contributed by atoms with Crippen molar-refractivity contribution in [2.75, 3.05) is 14.2 Å². The van der Waals surface area contributed by atoms with E-state index >= 15 is 0 Å². The van der Waals surface area contributed by atoms with Crippen molar-refractivity contribution in [3.8, 4) is 22.1 Å². The van der Waals surface area contributed by atoms with Gasteiger partial charge < -0.3 is 9.47 Å². The van der Waals surface area contributed by atoms with E-state index in [1.54, 1.807) is 25.6 Å². The van der Waals surface area contributed by atoms with E-state index in [2.05, 4.69) is 37.4 Å². The van der Waals surface area contributed by atoms with Gasteiger partial charge in [0.05, 0.1) is 25.5 Å². The maximum atomic E-state index is 5.52. The Morgan fingerprint density at radius 2 is 1.92 bits per heavy atom. The summed E-state index contributed by atoms with van der Waals surface area (Å²) in [6, 6.07) is 12.4. The van der Waals surface area contributed by atoms with Crippen LogP contribution < -0.4 is 9.47 Å². The largest absolute Gasteiger partial charge is 0.493 e. The fourth-order valence-electron chi connectivity index (χ4n) is 2.67. The molecule has 0 bridgehead atoms. The van der Waals surface area contributed by atoms with Crippen LogP contribution in [0.25, 0.3) is 10.6 Å². The SMILES string of the molecule is COc1cccc(-c2nc(CSc3ccc(C)cc3C)cs2)c1OC. The first-order chi connectivity index (χ1) is 12.1. The van der Waals surface area contributed by atoms with Crippen molar-refractivity contribution in [2.45, 2.75) is 24.5 Å². The molecule has 3 nitrogen and oxygen atoms in total. The fourth-order valence-corrected chi connectivity index (χ4v) is 4.51. The smallest absolute Gasteiger partial charge is 0.170 e. The Morgan fingerprint density at radius 1 is 1.08 bits per heavy atom. The normalized spacial score (nSPS) is 10.7. The molecule has 0 saturated carbocycles. The summed E-state index contributed by atoms with van der Waals surface area (Å²) >= 11 is 3.46. The minimum Gasteiger partial charge on any atom is -0.493 e. The molecule has 1 heterocycles. The van der Waals surface area contributed by atoms with Crippen LogP contribution in [0.3, 0.4) is 0 Å². The average molecular weight is 372 g/mol. The lowest BCUT2D eigenvalue weighted by atomic mass is 10.2. The van der Waals surface area contributed by atoms with Crippen LogP contribution in [0.5, 0.6) is 11.5 Å². The number of methoxy groups -OCH3 is 2. The molecule has 0 amide bonds. The highest BCUT2D eigenvalue weighted by molar-refractivity contribution is 7.98. The second kappa shape index (κ2) is 7.93. The van der Waals surface area contributed by atoms with E-state index in [1.165, 1.54) is 16.0 Å². The van der Waals surface area contributed by atoms with Gasteiger partial charge in [0.1, 0.15) is 5.01 Å². The second-order valence-corrected chi connectivity index (χ2v) is 7.62. The molecule has 0 aliphatic rings. The quantitative estimate of drug-likeness (QED) is 0.517. The minimum atomic E-state index is 0.724.